The summed E-state index contributed by atoms with van der Waals surface area (Å²) in [6, 6.07) is 8.40. The molecule has 0 bridgehead atoms. The normalized spacial score (nSPS) is 14.1. The molecule has 0 atom stereocenters. The Kier molecular flexibility index (Phi) is 7.04. The first-order valence-electron chi connectivity index (χ1n) is 9.22. The van der Waals surface area contributed by atoms with E-state index in [4.69, 9.17) is 21.1 Å². The van der Waals surface area contributed by atoms with Crippen LogP contribution < -0.4 is 9.62 Å². The van der Waals surface area contributed by atoms with Crippen molar-refractivity contribution in [1.82, 2.24) is 0 Å². The third kappa shape index (κ3) is 5.09. The number of esters is 2. The minimum Gasteiger partial charge on any atom is -0.465 e. The van der Waals surface area contributed by atoms with Gasteiger partial charge in [-0.3, -0.25) is 4.72 Å². The van der Waals surface area contributed by atoms with Crippen LogP contribution in [0.5, 0.6) is 0 Å². The maximum Gasteiger partial charge on any atom is 0.339 e. The molecule has 0 saturated carbocycles. The number of benzene rings is 2. The van der Waals surface area contributed by atoms with E-state index in [2.05, 4.69) is 9.46 Å². The van der Waals surface area contributed by atoms with Gasteiger partial charge in [0, 0.05) is 18.1 Å². The number of carbonyl (C=O) groups excluding carboxylic acids is 2. The van der Waals surface area contributed by atoms with Gasteiger partial charge in [-0.1, -0.05) is 11.6 Å². The van der Waals surface area contributed by atoms with Crippen LogP contribution in [0.4, 0.5) is 11.4 Å². The smallest absolute Gasteiger partial charge is 0.339 e. The van der Waals surface area contributed by atoms with Gasteiger partial charge in [0.15, 0.2) is 0 Å². The highest BCUT2D eigenvalue weighted by Crippen LogP contribution is 2.32. The average Bonchev–Trinajstić information content (AvgIpc) is 2.78. The molecule has 0 spiro atoms. The molecule has 0 amide bonds. The summed E-state index contributed by atoms with van der Waals surface area (Å²) in [5, 5.41) is 0.325. The van der Waals surface area contributed by atoms with Crippen LogP contribution in [0, 0.1) is 0 Å². The third-order valence-electron chi connectivity index (χ3n) is 4.65. The first-order chi connectivity index (χ1) is 14.8. The average molecular weight is 469 g/mol. The van der Waals surface area contributed by atoms with Crippen LogP contribution in [-0.2, 0) is 24.2 Å². The summed E-state index contributed by atoms with van der Waals surface area (Å²) < 4.78 is 43.8. The lowest BCUT2D eigenvalue weighted by Crippen LogP contribution is -2.36. The van der Waals surface area contributed by atoms with Gasteiger partial charge in [-0.25, -0.2) is 18.0 Å². The van der Waals surface area contributed by atoms with Crippen LogP contribution in [-0.4, -0.2) is 60.9 Å². The molecule has 1 heterocycles. The second kappa shape index (κ2) is 9.54. The molecule has 3 rings (SSSR count). The summed E-state index contributed by atoms with van der Waals surface area (Å²) in [6.45, 7) is 2.15. The number of carbonyl (C=O) groups is 2. The van der Waals surface area contributed by atoms with Crippen molar-refractivity contribution in [3.63, 3.8) is 0 Å². The fraction of sp³-hybridized carbons (Fsp3) is 0.300. The zero-order chi connectivity index (χ0) is 22.6. The predicted molar refractivity (Wildman–Crippen MR) is 114 cm³/mol. The Bertz CT molecular complexity index is 1100. The van der Waals surface area contributed by atoms with Crippen LogP contribution in [0.3, 0.4) is 0 Å². The Hall–Kier alpha value is -2.82. The molecule has 31 heavy (non-hydrogen) atoms. The minimum absolute atomic E-state index is 0.0324. The lowest BCUT2D eigenvalue weighted by atomic mass is 10.1. The maximum atomic E-state index is 13.3. The number of sulfonamides is 1. The number of halogens is 1. The van der Waals surface area contributed by atoms with Gasteiger partial charge >= 0.3 is 11.9 Å². The maximum absolute atomic E-state index is 13.3. The summed E-state index contributed by atoms with van der Waals surface area (Å²) in [5.74, 6) is -1.61. The molecule has 11 heteroatoms. The van der Waals surface area contributed by atoms with E-state index in [1.54, 1.807) is 12.1 Å². The Morgan fingerprint density at radius 2 is 1.71 bits per heavy atom. The standard InChI is InChI=1S/C20H21ClN2O7S/c1-28-19(24)13-3-5-15(20(25)29-2)18(11-13)31(26,27)22-16-12-14(21)4-6-17(16)23-7-9-30-10-8-23/h3-6,11-12,22H,7-10H2,1-2H3. The van der Waals surface area contributed by atoms with Gasteiger partial charge in [-0.15, -0.1) is 0 Å². The van der Waals surface area contributed by atoms with E-state index in [0.717, 1.165) is 13.2 Å². The molecule has 1 aliphatic heterocycles. The molecule has 0 aromatic heterocycles. The number of nitrogens with zero attached hydrogens (tertiary/aromatic N) is 1. The number of morpholine rings is 1. The molecule has 1 saturated heterocycles. The Labute approximate surface area is 184 Å². The number of rotatable bonds is 6. The number of ether oxygens (including phenoxy) is 3. The molecule has 1 fully saturated rings. The number of hydrogen-bond donors (Lipinski definition) is 1. The van der Waals surface area contributed by atoms with Crippen LogP contribution in [0.25, 0.3) is 0 Å². The Morgan fingerprint density at radius 3 is 2.35 bits per heavy atom. The van der Waals surface area contributed by atoms with Gasteiger partial charge in [-0.2, -0.15) is 0 Å². The van der Waals surface area contributed by atoms with Crippen molar-refractivity contribution in [2.45, 2.75) is 4.90 Å². The number of anilines is 2. The van der Waals surface area contributed by atoms with Gasteiger partial charge in [0.2, 0.25) is 0 Å². The van der Waals surface area contributed by atoms with Gasteiger partial charge in [0.1, 0.15) is 4.90 Å². The van der Waals surface area contributed by atoms with Crippen LogP contribution in [0.2, 0.25) is 5.02 Å². The Morgan fingerprint density at radius 1 is 1.03 bits per heavy atom. The zero-order valence-corrected chi connectivity index (χ0v) is 18.5. The van der Waals surface area contributed by atoms with Crippen LogP contribution in [0.1, 0.15) is 20.7 Å². The highest BCUT2D eigenvalue weighted by molar-refractivity contribution is 7.92. The summed E-state index contributed by atoms with van der Waals surface area (Å²) in [6.07, 6.45) is 0. The molecule has 1 aliphatic rings. The van der Waals surface area contributed by atoms with Crippen molar-refractivity contribution in [3.05, 3.63) is 52.5 Å². The second-order valence-corrected chi connectivity index (χ2v) is 8.65. The van der Waals surface area contributed by atoms with Crippen LogP contribution in [0.15, 0.2) is 41.3 Å². The SMILES string of the molecule is COC(=O)c1ccc(C(=O)OC)c(S(=O)(=O)Nc2cc(Cl)ccc2N2CCOCC2)c1. The first kappa shape index (κ1) is 22.9. The van der Waals surface area contributed by atoms with Gasteiger partial charge < -0.3 is 19.1 Å². The van der Waals surface area contributed by atoms with E-state index in [1.165, 1.54) is 25.3 Å². The largest absolute Gasteiger partial charge is 0.465 e. The number of hydrogen-bond acceptors (Lipinski definition) is 8. The second-order valence-electron chi connectivity index (χ2n) is 6.56. The van der Waals surface area contributed by atoms with Gasteiger partial charge in [-0.05, 0) is 36.4 Å². The Balaban J connectivity index is 2.07. The van der Waals surface area contributed by atoms with Crippen LogP contribution >= 0.6 is 11.6 Å². The monoisotopic (exact) mass is 468 g/mol. The van der Waals surface area contributed by atoms with E-state index in [-0.39, 0.29) is 16.8 Å². The fourth-order valence-corrected chi connectivity index (χ4v) is 4.60. The summed E-state index contributed by atoms with van der Waals surface area (Å²) in [4.78, 5) is 25.6. The van der Waals surface area contributed by atoms with Crippen molar-refractivity contribution in [3.8, 4) is 0 Å². The molecular formula is C20H21ClN2O7S. The van der Waals surface area contributed by atoms with Crippen molar-refractivity contribution in [2.75, 3.05) is 50.1 Å². The lowest BCUT2D eigenvalue weighted by molar-refractivity contribution is 0.0583. The van der Waals surface area contributed by atoms with E-state index < -0.39 is 26.9 Å². The molecule has 0 radical (unpaired) electrons. The first-order valence-corrected chi connectivity index (χ1v) is 11.1. The van der Waals surface area contributed by atoms with Crippen molar-refractivity contribution in [1.29, 1.82) is 0 Å². The highest BCUT2D eigenvalue weighted by atomic mass is 35.5. The quantitative estimate of drug-likeness (QED) is 0.644. The van der Waals surface area contributed by atoms with Gasteiger partial charge in [0.25, 0.3) is 10.0 Å². The lowest BCUT2D eigenvalue weighted by Gasteiger charge is -2.30. The summed E-state index contributed by atoms with van der Waals surface area (Å²) in [5.41, 5.74) is 0.585. The predicted octanol–water partition coefficient (Wildman–Crippen LogP) is 2.55. The van der Waals surface area contributed by atoms with E-state index in [0.29, 0.717) is 37.0 Å². The van der Waals surface area contributed by atoms with E-state index >= 15 is 0 Å². The van der Waals surface area contributed by atoms with E-state index in [9.17, 15) is 18.0 Å². The molecule has 0 aliphatic carbocycles. The van der Waals surface area contributed by atoms with Gasteiger partial charge in [0.05, 0.1) is 49.9 Å². The molecule has 0 unspecified atom stereocenters. The molecule has 2 aromatic carbocycles. The zero-order valence-electron chi connectivity index (χ0n) is 16.9. The topological polar surface area (TPSA) is 111 Å². The fourth-order valence-electron chi connectivity index (χ4n) is 3.14. The third-order valence-corrected chi connectivity index (χ3v) is 6.29. The van der Waals surface area contributed by atoms with Crippen molar-refractivity contribution < 1.29 is 32.2 Å². The van der Waals surface area contributed by atoms with Crippen molar-refractivity contribution >= 4 is 44.9 Å². The molecular weight excluding hydrogens is 448 g/mol. The highest BCUT2D eigenvalue weighted by Gasteiger charge is 2.27. The summed E-state index contributed by atoms with van der Waals surface area (Å²) >= 11 is 6.11. The summed E-state index contributed by atoms with van der Waals surface area (Å²) in [7, 11) is -2.01. The minimum atomic E-state index is -4.32. The van der Waals surface area contributed by atoms with E-state index in [1.807, 2.05) is 4.90 Å². The number of methoxy groups -OCH3 is 2. The molecule has 166 valence electrons. The molecule has 9 nitrogen and oxygen atoms in total. The molecule has 1 N–H and O–H groups in total. The molecule has 2 aromatic rings. The number of nitrogens with one attached hydrogen (secondary N) is 1. The van der Waals surface area contributed by atoms with Crippen molar-refractivity contribution in [2.24, 2.45) is 0 Å².